The Kier molecular flexibility index (Phi) is 5.88. The van der Waals surface area contributed by atoms with Gasteiger partial charge in [0, 0.05) is 26.2 Å². The van der Waals surface area contributed by atoms with Gasteiger partial charge in [-0.25, -0.2) is 4.68 Å². The number of para-hydroxylation sites is 1. The van der Waals surface area contributed by atoms with Crippen LogP contribution >= 0.6 is 0 Å². The number of benzene rings is 1. The molecule has 6 rings (SSSR count). The molecule has 4 aliphatic heterocycles. The van der Waals surface area contributed by atoms with Crippen molar-refractivity contribution in [2.24, 2.45) is 11.8 Å². The molecule has 1 unspecified atom stereocenters. The van der Waals surface area contributed by atoms with Crippen molar-refractivity contribution in [2.75, 3.05) is 32.8 Å². The maximum atomic E-state index is 14.2. The minimum atomic E-state index is -1.34. The normalized spacial score (nSPS) is 32.6. The van der Waals surface area contributed by atoms with E-state index in [1.165, 1.54) is 4.90 Å². The number of nitrogens with zero attached hydrogens (tertiary/aromatic N) is 6. The number of hydrogen-bond donors (Lipinski definition) is 1. The van der Waals surface area contributed by atoms with Gasteiger partial charge < -0.3 is 24.5 Å². The van der Waals surface area contributed by atoms with Crippen molar-refractivity contribution < 1.29 is 24.2 Å². The van der Waals surface area contributed by atoms with E-state index < -0.39 is 29.1 Å². The highest BCUT2D eigenvalue weighted by Gasteiger charge is 2.74. The standard InChI is InChI=1S/C27H32N6O5/c1-3-12-30-13-6-10-26(2)20(23(30)35)21-24(36)32(15-16-34)22-25(37)31(14-7-11-27(21,22)38-26)17-33-19-9-5-4-8-18(19)28-29-33/h4-11,20-22,34H,3,12-17H2,1-2H3/t20-,21+,22?,26+,27+/m1/s1. The lowest BCUT2D eigenvalue weighted by molar-refractivity contribution is -0.154. The molecule has 11 heteroatoms. The highest BCUT2D eigenvalue weighted by Crippen LogP contribution is 2.57. The lowest BCUT2D eigenvalue weighted by Crippen LogP contribution is -2.56. The fourth-order valence-electron chi connectivity index (χ4n) is 6.75. The number of aromatic nitrogens is 3. The predicted octanol–water partition coefficient (Wildman–Crippen LogP) is 0.559. The number of hydrogen-bond acceptors (Lipinski definition) is 7. The van der Waals surface area contributed by atoms with Crippen molar-refractivity contribution in [3.63, 3.8) is 0 Å². The van der Waals surface area contributed by atoms with Gasteiger partial charge in [-0.3, -0.25) is 14.4 Å². The second-order valence-corrected chi connectivity index (χ2v) is 10.6. The van der Waals surface area contributed by atoms with Gasteiger partial charge in [-0.2, -0.15) is 0 Å². The highest BCUT2D eigenvalue weighted by atomic mass is 16.5. The number of aliphatic hydroxyl groups excluding tert-OH is 1. The van der Waals surface area contributed by atoms with Crippen molar-refractivity contribution in [1.82, 2.24) is 29.7 Å². The summed E-state index contributed by atoms with van der Waals surface area (Å²) >= 11 is 0. The van der Waals surface area contributed by atoms with Crippen LogP contribution in [0.15, 0.2) is 48.6 Å². The molecule has 1 aromatic carbocycles. The molecule has 5 heterocycles. The van der Waals surface area contributed by atoms with Crippen LogP contribution in [0.4, 0.5) is 0 Å². The maximum Gasteiger partial charge on any atom is 0.250 e. The summed E-state index contributed by atoms with van der Waals surface area (Å²) < 4.78 is 8.40. The van der Waals surface area contributed by atoms with Crippen LogP contribution in [0.5, 0.6) is 0 Å². The molecule has 0 radical (unpaired) electrons. The van der Waals surface area contributed by atoms with Gasteiger partial charge in [-0.15, -0.1) is 5.10 Å². The van der Waals surface area contributed by atoms with Gasteiger partial charge in [-0.05, 0) is 25.5 Å². The van der Waals surface area contributed by atoms with Crippen molar-refractivity contribution in [3.05, 3.63) is 48.6 Å². The Labute approximate surface area is 220 Å². The summed E-state index contributed by atoms with van der Waals surface area (Å²) in [4.78, 5) is 46.9. The Bertz CT molecular complexity index is 1350. The Balaban J connectivity index is 1.41. The number of ether oxygens (including phenoxy) is 1. The summed E-state index contributed by atoms with van der Waals surface area (Å²) in [5.41, 5.74) is -0.883. The van der Waals surface area contributed by atoms with Gasteiger partial charge in [0.05, 0.1) is 29.6 Å². The van der Waals surface area contributed by atoms with Gasteiger partial charge in [0.25, 0.3) is 5.91 Å². The minimum Gasteiger partial charge on any atom is -0.395 e. The average Bonchev–Trinajstić information content (AvgIpc) is 3.42. The van der Waals surface area contributed by atoms with E-state index in [1.807, 2.05) is 56.3 Å². The molecular weight excluding hydrogens is 488 g/mol. The Morgan fingerprint density at radius 2 is 1.76 bits per heavy atom. The van der Waals surface area contributed by atoms with Crippen LogP contribution in [0.3, 0.4) is 0 Å². The van der Waals surface area contributed by atoms with E-state index in [0.717, 1.165) is 11.9 Å². The van der Waals surface area contributed by atoms with E-state index in [0.29, 0.717) is 18.6 Å². The van der Waals surface area contributed by atoms with E-state index in [2.05, 4.69) is 10.3 Å². The molecular formula is C27H32N6O5. The number of rotatable bonds is 6. The monoisotopic (exact) mass is 520 g/mol. The van der Waals surface area contributed by atoms with Crippen molar-refractivity contribution >= 4 is 28.8 Å². The molecule has 3 amide bonds. The van der Waals surface area contributed by atoms with Crippen LogP contribution in [0.1, 0.15) is 20.3 Å². The minimum absolute atomic E-state index is 0.0308. The lowest BCUT2D eigenvalue weighted by Gasteiger charge is -2.37. The molecule has 5 atom stereocenters. The molecule has 0 bridgehead atoms. The molecule has 1 N–H and O–H groups in total. The van der Waals surface area contributed by atoms with Crippen LogP contribution in [-0.4, -0.2) is 103 Å². The first-order chi connectivity index (χ1) is 18.3. The SMILES string of the molecule is CCCN1CC=C[C@]2(C)O[C@]34C=CCN(Cn5nnc6ccccc65)C(=O)C3N(CCO)C(=O)[C@@H]4[C@@H]2C1=O. The topological polar surface area (TPSA) is 121 Å². The second-order valence-electron chi connectivity index (χ2n) is 10.6. The first-order valence-corrected chi connectivity index (χ1v) is 13.2. The fourth-order valence-corrected chi connectivity index (χ4v) is 6.75. The Morgan fingerprint density at radius 3 is 2.55 bits per heavy atom. The van der Waals surface area contributed by atoms with Gasteiger partial charge >= 0.3 is 0 Å². The van der Waals surface area contributed by atoms with Gasteiger partial charge in [0.1, 0.15) is 23.8 Å². The molecule has 2 saturated heterocycles. The van der Waals surface area contributed by atoms with Crippen molar-refractivity contribution in [3.8, 4) is 0 Å². The molecule has 200 valence electrons. The summed E-state index contributed by atoms with van der Waals surface area (Å²) in [6.07, 6.45) is 8.23. The van der Waals surface area contributed by atoms with Crippen molar-refractivity contribution in [2.45, 2.75) is 44.2 Å². The van der Waals surface area contributed by atoms with E-state index in [9.17, 15) is 19.5 Å². The zero-order valence-electron chi connectivity index (χ0n) is 21.6. The zero-order chi connectivity index (χ0) is 26.7. The molecule has 4 aliphatic rings. The average molecular weight is 521 g/mol. The quantitative estimate of drug-likeness (QED) is 0.553. The molecule has 11 nitrogen and oxygen atoms in total. The van der Waals surface area contributed by atoms with E-state index in [4.69, 9.17) is 4.74 Å². The number of carbonyl (C=O) groups is 3. The number of carbonyl (C=O) groups excluding carboxylic acids is 3. The summed E-state index contributed by atoms with van der Waals surface area (Å²) in [5.74, 6) is -2.47. The molecule has 1 aromatic heterocycles. The Morgan fingerprint density at radius 1 is 1.00 bits per heavy atom. The molecule has 1 spiro atoms. The number of likely N-dealkylation sites (tertiary alicyclic amines) is 1. The molecule has 38 heavy (non-hydrogen) atoms. The number of β-amino-alcohol motifs (C(OH)–C–C–N with tert-alkyl or cyclic N) is 1. The smallest absolute Gasteiger partial charge is 0.250 e. The number of fused-ring (bicyclic) bond motifs is 3. The van der Waals surface area contributed by atoms with Gasteiger partial charge in [0.15, 0.2) is 0 Å². The molecule has 2 aromatic rings. The van der Waals surface area contributed by atoms with Crippen molar-refractivity contribution in [1.29, 1.82) is 0 Å². The summed E-state index contributed by atoms with van der Waals surface area (Å²) in [6, 6.07) is 6.47. The summed E-state index contributed by atoms with van der Waals surface area (Å²) in [5, 5.41) is 18.3. The highest BCUT2D eigenvalue weighted by molar-refractivity contribution is 6.00. The first kappa shape index (κ1) is 24.7. The van der Waals surface area contributed by atoms with Crippen LogP contribution in [0.25, 0.3) is 11.0 Å². The van der Waals surface area contributed by atoms with E-state index in [-0.39, 0.29) is 44.1 Å². The largest absolute Gasteiger partial charge is 0.395 e. The molecule has 0 aliphatic carbocycles. The number of aliphatic hydroxyl groups is 1. The van der Waals surface area contributed by atoms with E-state index >= 15 is 0 Å². The van der Waals surface area contributed by atoms with Crippen LogP contribution in [0.2, 0.25) is 0 Å². The Hall–Kier alpha value is -3.57. The zero-order valence-corrected chi connectivity index (χ0v) is 21.6. The third kappa shape index (κ3) is 3.45. The van der Waals surface area contributed by atoms with Gasteiger partial charge in [0.2, 0.25) is 11.8 Å². The summed E-state index contributed by atoms with van der Waals surface area (Å²) in [7, 11) is 0. The van der Waals surface area contributed by atoms with Crippen LogP contribution in [-0.2, 0) is 25.8 Å². The predicted molar refractivity (Wildman–Crippen MR) is 136 cm³/mol. The van der Waals surface area contributed by atoms with Gasteiger partial charge in [-0.1, -0.05) is 48.6 Å². The van der Waals surface area contributed by atoms with Crippen LogP contribution in [0, 0.1) is 11.8 Å². The second kappa shape index (κ2) is 9.02. The maximum absolute atomic E-state index is 14.2. The lowest BCUT2D eigenvalue weighted by atomic mass is 9.74. The van der Waals surface area contributed by atoms with Crippen LogP contribution < -0.4 is 0 Å². The third-order valence-corrected chi connectivity index (χ3v) is 8.28. The number of amides is 3. The summed E-state index contributed by atoms with van der Waals surface area (Å²) in [6.45, 7) is 4.92. The fraction of sp³-hybridized carbons (Fsp3) is 0.519. The third-order valence-electron chi connectivity index (χ3n) is 8.28. The first-order valence-electron chi connectivity index (χ1n) is 13.2. The molecule has 2 fully saturated rings. The molecule has 0 saturated carbocycles. The van der Waals surface area contributed by atoms with E-state index in [1.54, 1.807) is 20.6 Å².